The molecule has 1 unspecified atom stereocenters. The van der Waals surface area contributed by atoms with E-state index in [9.17, 15) is 5.11 Å². The van der Waals surface area contributed by atoms with E-state index in [0.29, 0.717) is 6.04 Å². The van der Waals surface area contributed by atoms with Crippen molar-refractivity contribution < 1.29 is 9.84 Å². The zero-order valence-corrected chi connectivity index (χ0v) is 10.4. The summed E-state index contributed by atoms with van der Waals surface area (Å²) >= 11 is 0. The van der Waals surface area contributed by atoms with Gasteiger partial charge in [-0.3, -0.25) is 4.90 Å². The zero-order chi connectivity index (χ0) is 12.1. The number of ether oxygens (including phenoxy) is 1. The summed E-state index contributed by atoms with van der Waals surface area (Å²) in [5, 5.41) is 9.39. The van der Waals surface area contributed by atoms with E-state index in [1.54, 1.807) is 7.11 Å². The number of para-hydroxylation sites is 1. The lowest BCUT2D eigenvalue weighted by Crippen LogP contribution is -2.41. The fraction of sp³-hybridized carbons (Fsp3) is 0.571. The third-order valence-corrected chi connectivity index (χ3v) is 3.53. The molecule has 1 aliphatic rings. The van der Waals surface area contributed by atoms with Crippen LogP contribution in [0.3, 0.4) is 0 Å². The molecule has 3 heteroatoms. The van der Waals surface area contributed by atoms with Crippen molar-refractivity contribution in [1.29, 1.82) is 0 Å². The predicted molar refractivity (Wildman–Crippen MR) is 68.1 cm³/mol. The molecule has 1 aliphatic heterocycles. The Morgan fingerprint density at radius 2 is 2.18 bits per heavy atom. The van der Waals surface area contributed by atoms with Gasteiger partial charge in [0.05, 0.1) is 13.7 Å². The van der Waals surface area contributed by atoms with Gasteiger partial charge < -0.3 is 9.84 Å². The number of benzene rings is 1. The van der Waals surface area contributed by atoms with Crippen LogP contribution >= 0.6 is 0 Å². The monoisotopic (exact) mass is 235 g/mol. The third-order valence-electron chi connectivity index (χ3n) is 3.53. The summed E-state index contributed by atoms with van der Waals surface area (Å²) in [7, 11) is 1.71. The molecule has 0 amide bonds. The number of likely N-dealkylation sites (tertiary alicyclic amines) is 1. The quantitative estimate of drug-likeness (QED) is 0.867. The standard InChI is InChI=1S/C14H21NO2/c1-17-14-8-3-2-6-12(14)10-15-9-5-4-7-13(15)11-16/h2-3,6,8,13,16H,4-5,7,9-11H2,1H3. The third kappa shape index (κ3) is 2.99. The highest BCUT2D eigenvalue weighted by Gasteiger charge is 2.22. The highest BCUT2D eigenvalue weighted by atomic mass is 16.5. The van der Waals surface area contributed by atoms with Crippen LogP contribution in [0, 0.1) is 0 Å². The second-order valence-electron chi connectivity index (χ2n) is 4.61. The number of rotatable bonds is 4. The van der Waals surface area contributed by atoms with E-state index in [4.69, 9.17) is 4.74 Å². The van der Waals surface area contributed by atoms with Crippen molar-refractivity contribution in [3.63, 3.8) is 0 Å². The van der Waals surface area contributed by atoms with Crippen LogP contribution in [-0.2, 0) is 6.54 Å². The minimum atomic E-state index is 0.259. The maximum atomic E-state index is 9.39. The topological polar surface area (TPSA) is 32.7 Å². The summed E-state index contributed by atoms with van der Waals surface area (Å²) in [5.74, 6) is 0.940. The second-order valence-corrected chi connectivity index (χ2v) is 4.61. The smallest absolute Gasteiger partial charge is 0.123 e. The first-order chi connectivity index (χ1) is 8.35. The number of aliphatic hydroxyl groups is 1. The molecule has 1 fully saturated rings. The lowest BCUT2D eigenvalue weighted by Gasteiger charge is -2.34. The highest BCUT2D eigenvalue weighted by molar-refractivity contribution is 5.33. The first-order valence-corrected chi connectivity index (χ1v) is 6.32. The van der Waals surface area contributed by atoms with E-state index in [1.807, 2.05) is 18.2 Å². The Labute approximate surface area is 103 Å². The molecule has 1 atom stereocenters. The first-order valence-electron chi connectivity index (χ1n) is 6.32. The summed E-state index contributed by atoms with van der Waals surface area (Å²) < 4.78 is 5.37. The lowest BCUT2D eigenvalue weighted by molar-refractivity contribution is 0.0834. The van der Waals surface area contributed by atoms with Gasteiger partial charge in [-0.1, -0.05) is 24.6 Å². The SMILES string of the molecule is COc1ccccc1CN1CCCCC1CO. The van der Waals surface area contributed by atoms with Gasteiger partial charge in [0, 0.05) is 18.2 Å². The van der Waals surface area contributed by atoms with E-state index in [-0.39, 0.29) is 6.61 Å². The maximum Gasteiger partial charge on any atom is 0.123 e. The van der Waals surface area contributed by atoms with Crippen molar-refractivity contribution in [3.8, 4) is 5.75 Å². The molecule has 17 heavy (non-hydrogen) atoms. The summed E-state index contributed by atoms with van der Waals surface area (Å²) in [6.45, 7) is 2.20. The number of piperidine rings is 1. The number of nitrogens with zero attached hydrogens (tertiary/aromatic N) is 1. The Balaban J connectivity index is 2.08. The van der Waals surface area contributed by atoms with Gasteiger partial charge >= 0.3 is 0 Å². The van der Waals surface area contributed by atoms with Gasteiger partial charge in [0.25, 0.3) is 0 Å². The minimum Gasteiger partial charge on any atom is -0.496 e. The van der Waals surface area contributed by atoms with Crippen LogP contribution in [-0.4, -0.2) is 36.3 Å². The summed E-state index contributed by atoms with van der Waals surface area (Å²) in [5.41, 5.74) is 1.20. The van der Waals surface area contributed by atoms with Crippen LogP contribution in [0.25, 0.3) is 0 Å². The summed E-state index contributed by atoms with van der Waals surface area (Å²) in [4.78, 5) is 2.36. The van der Waals surface area contributed by atoms with E-state index >= 15 is 0 Å². The van der Waals surface area contributed by atoms with Crippen molar-refractivity contribution in [2.24, 2.45) is 0 Å². The number of hydrogen-bond acceptors (Lipinski definition) is 3. The van der Waals surface area contributed by atoms with Crippen molar-refractivity contribution >= 4 is 0 Å². The number of methoxy groups -OCH3 is 1. The zero-order valence-electron chi connectivity index (χ0n) is 10.4. The van der Waals surface area contributed by atoms with Crippen LogP contribution in [0.2, 0.25) is 0 Å². The Morgan fingerprint density at radius 1 is 1.35 bits per heavy atom. The van der Waals surface area contributed by atoms with Gasteiger partial charge in [0.2, 0.25) is 0 Å². The molecule has 0 bridgehead atoms. The van der Waals surface area contributed by atoms with Crippen molar-refractivity contribution in [1.82, 2.24) is 4.90 Å². The maximum absolute atomic E-state index is 9.39. The van der Waals surface area contributed by atoms with Crippen LogP contribution in [0.15, 0.2) is 24.3 Å². The average molecular weight is 235 g/mol. The largest absolute Gasteiger partial charge is 0.496 e. The molecule has 0 radical (unpaired) electrons. The van der Waals surface area contributed by atoms with Gasteiger partial charge in [-0.15, -0.1) is 0 Å². The second kappa shape index (κ2) is 6.03. The minimum absolute atomic E-state index is 0.259. The average Bonchev–Trinajstić information content (AvgIpc) is 2.40. The lowest BCUT2D eigenvalue weighted by atomic mass is 10.0. The highest BCUT2D eigenvalue weighted by Crippen LogP contribution is 2.24. The molecule has 0 aliphatic carbocycles. The molecule has 94 valence electrons. The van der Waals surface area contributed by atoms with Crippen LogP contribution in [0.5, 0.6) is 5.75 Å². The molecule has 0 spiro atoms. The number of hydrogen-bond donors (Lipinski definition) is 1. The van der Waals surface area contributed by atoms with E-state index in [2.05, 4.69) is 11.0 Å². The normalized spacial score (nSPS) is 21.4. The molecule has 1 aromatic rings. The Bertz CT molecular complexity index is 354. The first kappa shape index (κ1) is 12.4. The Hall–Kier alpha value is -1.06. The molecule has 1 aromatic carbocycles. The molecule has 1 N–H and O–H groups in total. The van der Waals surface area contributed by atoms with Gasteiger partial charge in [-0.25, -0.2) is 0 Å². The van der Waals surface area contributed by atoms with Crippen LogP contribution < -0.4 is 4.74 Å². The molecule has 3 nitrogen and oxygen atoms in total. The molecular weight excluding hydrogens is 214 g/mol. The summed E-state index contributed by atoms with van der Waals surface area (Å²) in [6.07, 6.45) is 3.56. The molecule has 1 heterocycles. The molecule has 1 saturated heterocycles. The molecule has 0 saturated carbocycles. The van der Waals surface area contributed by atoms with Gasteiger partial charge in [0.1, 0.15) is 5.75 Å². The van der Waals surface area contributed by atoms with Crippen molar-refractivity contribution in [2.45, 2.75) is 31.8 Å². The molecule has 2 rings (SSSR count). The Kier molecular flexibility index (Phi) is 4.40. The van der Waals surface area contributed by atoms with E-state index < -0.39 is 0 Å². The fourth-order valence-corrected chi connectivity index (χ4v) is 2.53. The van der Waals surface area contributed by atoms with Gasteiger partial charge in [-0.05, 0) is 25.5 Å². The van der Waals surface area contributed by atoms with E-state index in [0.717, 1.165) is 25.3 Å². The van der Waals surface area contributed by atoms with Crippen molar-refractivity contribution in [2.75, 3.05) is 20.3 Å². The fourth-order valence-electron chi connectivity index (χ4n) is 2.53. The summed E-state index contributed by atoms with van der Waals surface area (Å²) in [6, 6.07) is 8.43. The van der Waals surface area contributed by atoms with Gasteiger partial charge in [-0.2, -0.15) is 0 Å². The van der Waals surface area contributed by atoms with Crippen LogP contribution in [0.1, 0.15) is 24.8 Å². The molecular formula is C14H21NO2. The van der Waals surface area contributed by atoms with E-state index in [1.165, 1.54) is 18.4 Å². The van der Waals surface area contributed by atoms with Crippen LogP contribution in [0.4, 0.5) is 0 Å². The predicted octanol–water partition coefficient (Wildman–Crippen LogP) is 2.04. The Morgan fingerprint density at radius 3 is 2.94 bits per heavy atom. The molecule has 0 aromatic heterocycles. The van der Waals surface area contributed by atoms with Crippen molar-refractivity contribution in [3.05, 3.63) is 29.8 Å². The number of aliphatic hydroxyl groups excluding tert-OH is 1. The van der Waals surface area contributed by atoms with Gasteiger partial charge in [0.15, 0.2) is 0 Å².